The Morgan fingerprint density at radius 1 is 1.36 bits per heavy atom. The number of nitrogens with zero attached hydrogens (tertiary/aromatic N) is 3. The van der Waals surface area contributed by atoms with Crippen LogP contribution in [-0.2, 0) is 16.0 Å². The minimum Gasteiger partial charge on any atom is -0.342 e. The maximum absolute atomic E-state index is 12.2. The Balaban J connectivity index is 1.54. The van der Waals surface area contributed by atoms with Crippen LogP contribution in [0.5, 0.6) is 0 Å². The molecule has 118 valence electrons. The lowest BCUT2D eigenvalue weighted by Gasteiger charge is -2.37. The maximum atomic E-state index is 12.2. The fourth-order valence-corrected chi connectivity index (χ4v) is 3.06. The molecule has 4 amide bonds. The molecular weight excluding hydrogens is 286 g/mol. The Labute approximate surface area is 127 Å². The minimum absolute atomic E-state index is 0.0705. The van der Waals surface area contributed by atoms with E-state index in [1.54, 1.807) is 17.3 Å². The summed E-state index contributed by atoms with van der Waals surface area (Å²) >= 11 is 0. The van der Waals surface area contributed by atoms with E-state index >= 15 is 0 Å². The number of piperidine rings is 1. The number of likely N-dealkylation sites (N-methyl/N-ethyl adjacent to an activating group) is 1. The number of carbonyl (C=O) groups is 3. The number of hydrogen-bond donors (Lipinski definition) is 2. The number of carbonyl (C=O) groups excluding carboxylic acids is 3. The molecule has 1 aromatic rings. The van der Waals surface area contributed by atoms with Gasteiger partial charge in [0, 0.05) is 32.8 Å². The number of H-pyrrole nitrogens is 1. The van der Waals surface area contributed by atoms with Gasteiger partial charge in [-0.1, -0.05) is 0 Å². The van der Waals surface area contributed by atoms with E-state index in [0.29, 0.717) is 38.8 Å². The van der Waals surface area contributed by atoms with Crippen molar-refractivity contribution < 1.29 is 14.4 Å². The molecule has 0 bridgehead atoms. The fraction of sp³-hybridized carbons (Fsp3) is 0.571. The highest BCUT2D eigenvalue weighted by atomic mass is 16.2. The fourth-order valence-electron chi connectivity index (χ4n) is 3.06. The first-order valence-corrected chi connectivity index (χ1v) is 7.37. The van der Waals surface area contributed by atoms with Crippen LogP contribution in [0.25, 0.3) is 0 Å². The minimum atomic E-state index is -0.812. The Kier molecular flexibility index (Phi) is 3.59. The lowest BCUT2D eigenvalue weighted by molar-refractivity contribution is -0.138. The smallest absolute Gasteiger partial charge is 0.324 e. The molecular formula is C14H19N5O3. The van der Waals surface area contributed by atoms with E-state index in [4.69, 9.17) is 0 Å². The second-order valence-corrected chi connectivity index (χ2v) is 5.86. The van der Waals surface area contributed by atoms with Gasteiger partial charge >= 0.3 is 6.03 Å². The van der Waals surface area contributed by atoms with Crippen LogP contribution in [-0.4, -0.2) is 63.5 Å². The monoisotopic (exact) mass is 305 g/mol. The first-order chi connectivity index (χ1) is 10.5. The lowest BCUT2D eigenvalue weighted by atomic mass is 9.87. The number of aryl methyl sites for hydroxylation is 1. The highest BCUT2D eigenvalue weighted by Gasteiger charge is 2.51. The molecule has 8 nitrogen and oxygen atoms in total. The third-order valence-corrected chi connectivity index (χ3v) is 4.52. The molecule has 0 unspecified atom stereocenters. The van der Waals surface area contributed by atoms with Crippen LogP contribution < -0.4 is 5.32 Å². The van der Waals surface area contributed by atoms with Gasteiger partial charge in [-0.25, -0.2) is 4.79 Å². The molecule has 3 rings (SSSR count). The number of likely N-dealkylation sites (tertiary alicyclic amines) is 1. The molecule has 2 fully saturated rings. The van der Waals surface area contributed by atoms with Crippen molar-refractivity contribution in [3.8, 4) is 0 Å². The quantitative estimate of drug-likeness (QED) is 0.761. The first kappa shape index (κ1) is 14.6. The summed E-state index contributed by atoms with van der Waals surface area (Å²) in [4.78, 5) is 38.9. The number of urea groups is 1. The van der Waals surface area contributed by atoms with Crippen LogP contribution in [0.4, 0.5) is 4.79 Å². The zero-order valence-corrected chi connectivity index (χ0v) is 12.5. The summed E-state index contributed by atoms with van der Waals surface area (Å²) in [6.45, 7) is 0.980. The van der Waals surface area contributed by atoms with Gasteiger partial charge in [-0.15, -0.1) is 0 Å². The Hall–Kier alpha value is -2.38. The molecule has 3 heterocycles. The third-order valence-electron chi connectivity index (χ3n) is 4.52. The summed E-state index contributed by atoms with van der Waals surface area (Å²) in [6.07, 6.45) is 5.50. The predicted molar refractivity (Wildman–Crippen MR) is 76.8 cm³/mol. The van der Waals surface area contributed by atoms with Crippen LogP contribution in [0.3, 0.4) is 0 Å². The molecule has 2 N–H and O–H groups in total. The normalized spacial score (nSPS) is 20.6. The van der Waals surface area contributed by atoms with Crippen molar-refractivity contribution in [2.75, 3.05) is 20.1 Å². The van der Waals surface area contributed by atoms with Crippen LogP contribution in [0, 0.1) is 0 Å². The van der Waals surface area contributed by atoms with Crippen LogP contribution in [0.1, 0.15) is 24.8 Å². The standard InChI is InChI=1S/C14H19N5O3/c1-18-12(21)14(17-13(18)22)4-6-19(7-5-14)11(20)3-2-10-8-15-16-9-10/h8-9H,2-7H2,1H3,(H,15,16)(H,17,22). The van der Waals surface area contributed by atoms with E-state index in [-0.39, 0.29) is 17.8 Å². The van der Waals surface area contributed by atoms with E-state index in [0.717, 1.165) is 10.5 Å². The topological polar surface area (TPSA) is 98.4 Å². The zero-order chi connectivity index (χ0) is 15.7. The largest absolute Gasteiger partial charge is 0.342 e. The number of rotatable bonds is 3. The molecule has 2 aliphatic rings. The zero-order valence-electron chi connectivity index (χ0n) is 12.5. The summed E-state index contributed by atoms with van der Waals surface area (Å²) in [5, 5.41) is 9.34. The van der Waals surface area contributed by atoms with E-state index < -0.39 is 5.54 Å². The Morgan fingerprint density at radius 3 is 2.64 bits per heavy atom. The van der Waals surface area contributed by atoms with Gasteiger partial charge in [0.2, 0.25) is 5.91 Å². The van der Waals surface area contributed by atoms with E-state index in [2.05, 4.69) is 15.5 Å². The molecule has 1 spiro atoms. The number of hydrogen-bond acceptors (Lipinski definition) is 4. The van der Waals surface area contributed by atoms with Gasteiger partial charge < -0.3 is 10.2 Å². The van der Waals surface area contributed by atoms with Gasteiger partial charge in [0.15, 0.2) is 0 Å². The van der Waals surface area contributed by atoms with E-state index in [9.17, 15) is 14.4 Å². The molecule has 2 saturated heterocycles. The van der Waals surface area contributed by atoms with Crippen molar-refractivity contribution in [3.63, 3.8) is 0 Å². The first-order valence-electron chi connectivity index (χ1n) is 7.37. The number of amides is 4. The maximum Gasteiger partial charge on any atom is 0.324 e. The number of nitrogens with one attached hydrogen (secondary N) is 2. The highest BCUT2D eigenvalue weighted by Crippen LogP contribution is 2.29. The van der Waals surface area contributed by atoms with E-state index in [1.807, 2.05) is 0 Å². The molecule has 0 atom stereocenters. The average Bonchev–Trinajstić information content (AvgIpc) is 3.10. The van der Waals surface area contributed by atoms with Crippen LogP contribution in [0.2, 0.25) is 0 Å². The van der Waals surface area contributed by atoms with Crippen molar-refractivity contribution in [1.29, 1.82) is 0 Å². The number of aromatic amines is 1. The molecule has 0 saturated carbocycles. The van der Waals surface area contributed by atoms with Crippen molar-refractivity contribution in [2.45, 2.75) is 31.2 Å². The Morgan fingerprint density at radius 2 is 2.09 bits per heavy atom. The summed E-state index contributed by atoms with van der Waals surface area (Å²) in [7, 11) is 1.48. The molecule has 1 aromatic heterocycles. The molecule has 8 heteroatoms. The molecule has 0 aromatic carbocycles. The van der Waals surface area contributed by atoms with Gasteiger partial charge in [0.25, 0.3) is 5.91 Å². The van der Waals surface area contributed by atoms with Gasteiger partial charge in [0.1, 0.15) is 5.54 Å². The summed E-state index contributed by atoms with van der Waals surface area (Å²) < 4.78 is 0. The summed E-state index contributed by atoms with van der Waals surface area (Å²) in [5.41, 5.74) is 0.189. The average molecular weight is 305 g/mol. The Bertz CT molecular complexity index is 590. The third kappa shape index (κ3) is 2.44. The van der Waals surface area contributed by atoms with Crippen molar-refractivity contribution in [1.82, 2.24) is 25.3 Å². The van der Waals surface area contributed by atoms with Crippen molar-refractivity contribution in [3.05, 3.63) is 18.0 Å². The number of imide groups is 1. The summed E-state index contributed by atoms with van der Waals surface area (Å²) in [5.74, 6) is -0.121. The highest BCUT2D eigenvalue weighted by molar-refractivity contribution is 6.06. The van der Waals surface area contributed by atoms with Crippen LogP contribution >= 0.6 is 0 Å². The van der Waals surface area contributed by atoms with Gasteiger partial charge in [-0.2, -0.15) is 5.10 Å². The lowest BCUT2D eigenvalue weighted by Crippen LogP contribution is -2.55. The molecule has 2 aliphatic heterocycles. The van der Waals surface area contributed by atoms with Gasteiger partial charge in [0.05, 0.1) is 6.20 Å². The predicted octanol–water partition coefficient (Wildman–Crippen LogP) is -0.115. The van der Waals surface area contributed by atoms with Gasteiger partial charge in [-0.3, -0.25) is 19.6 Å². The number of aromatic nitrogens is 2. The molecule has 0 radical (unpaired) electrons. The van der Waals surface area contributed by atoms with E-state index in [1.165, 1.54) is 7.05 Å². The van der Waals surface area contributed by atoms with Crippen LogP contribution in [0.15, 0.2) is 12.4 Å². The van der Waals surface area contributed by atoms with Crippen molar-refractivity contribution in [2.24, 2.45) is 0 Å². The summed E-state index contributed by atoms with van der Waals surface area (Å²) in [6, 6.07) is -0.357. The SMILES string of the molecule is CN1C(=O)NC2(CCN(C(=O)CCc3cn[nH]c3)CC2)C1=O. The second-order valence-electron chi connectivity index (χ2n) is 5.86. The second kappa shape index (κ2) is 5.43. The molecule has 0 aliphatic carbocycles. The van der Waals surface area contributed by atoms with Crippen molar-refractivity contribution >= 4 is 17.8 Å². The molecule has 22 heavy (non-hydrogen) atoms. The van der Waals surface area contributed by atoms with Gasteiger partial charge in [-0.05, 0) is 24.8 Å².